The van der Waals surface area contributed by atoms with Gasteiger partial charge in [0.05, 0.1) is 10.0 Å². The molecule has 0 saturated carbocycles. The van der Waals surface area contributed by atoms with Crippen molar-refractivity contribution in [1.82, 2.24) is 9.80 Å². The van der Waals surface area contributed by atoms with Gasteiger partial charge in [0.25, 0.3) is 0 Å². The minimum Gasteiger partial charge on any atom is -0.444 e. The van der Waals surface area contributed by atoms with Gasteiger partial charge in [0.2, 0.25) is 5.91 Å². The molecule has 31 heavy (non-hydrogen) atoms. The largest absolute Gasteiger partial charge is 0.444 e. The first-order chi connectivity index (χ1) is 14.6. The van der Waals surface area contributed by atoms with E-state index in [4.69, 9.17) is 27.9 Å². The molecule has 1 aromatic carbocycles. The Morgan fingerprint density at radius 3 is 2.45 bits per heavy atom. The quantitative estimate of drug-likeness (QED) is 0.650. The van der Waals surface area contributed by atoms with E-state index in [0.717, 1.165) is 58.4 Å². The number of ether oxygens (including phenoxy) is 1. The molecule has 0 aliphatic carbocycles. The number of hydrogen-bond acceptors (Lipinski definition) is 4. The molecule has 0 aromatic heterocycles. The fourth-order valence-electron chi connectivity index (χ4n) is 4.27. The van der Waals surface area contributed by atoms with Gasteiger partial charge in [-0.2, -0.15) is 0 Å². The molecular formula is C23H33Cl2N3O3. The summed E-state index contributed by atoms with van der Waals surface area (Å²) in [5.74, 6) is 0.477. The van der Waals surface area contributed by atoms with Crippen LogP contribution in [0.4, 0.5) is 10.5 Å². The second-order valence-electron chi connectivity index (χ2n) is 9.63. The lowest BCUT2D eigenvalue weighted by molar-refractivity contribution is -0.121. The topological polar surface area (TPSA) is 61.9 Å². The molecule has 8 heteroatoms. The highest BCUT2D eigenvalue weighted by atomic mass is 35.5. The van der Waals surface area contributed by atoms with Crippen molar-refractivity contribution in [3.05, 3.63) is 28.2 Å². The van der Waals surface area contributed by atoms with Gasteiger partial charge in [-0.1, -0.05) is 23.2 Å². The smallest absolute Gasteiger partial charge is 0.410 e. The van der Waals surface area contributed by atoms with Crippen LogP contribution in [0.25, 0.3) is 0 Å². The summed E-state index contributed by atoms with van der Waals surface area (Å²) in [5, 5.41) is 3.86. The van der Waals surface area contributed by atoms with Gasteiger partial charge < -0.3 is 19.9 Å². The monoisotopic (exact) mass is 469 g/mol. The second-order valence-corrected chi connectivity index (χ2v) is 10.4. The van der Waals surface area contributed by atoms with Crippen LogP contribution >= 0.6 is 23.2 Å². The maximum atomic E-state index is 12.6. The highest BCUT2D eigenvalue weighted by molar-refractivity contribution is 6.42. The maximum absolute atomic E-state index is 12.6. The van der Waals surface area contributed by atoms with Gasteiger partial charge in [0.15, 0.2) is 0 Å². The first kappa shape index (κ1) is 24.1. The Kier molecular flexibility index (Phi) is 8.11. The van der Waals surface area contributed by atoms with Crippen LogP contribution in [-0.2, 0) is 9.53 Å². The lowest BCUT2D eigenvalue weighted by atomic mass is 9.93. The summed E-state index contributed by atoms with van der Waals surface area (Å²) in [6.45, 7) is 9.94. The van der Waals surface area contributed by atoms with Crippen LogP contribution in [0, 0.1) is 11.8 Å². The molecule has 6 nitrogen and oxygen atoms in total. The van der Waals surface area contributed by atoms with E-state index >= 15 is 0 Å². The molecule has 1 aromatic rings. The van der Waals surface area contributed by atoms with E-state index in [0.29, 0.717) is 21.7 Å². The zero-order chi connectivity index (χ0) is 22.6. The van der Waals surface area contributed by atoms with Gasteiger partial charge in [-0.25, -0.2) is 4.79 Å². The molecule has 1 N–H and O–H groups in total. The molecule has 0 unspecified atom stereocenters. The van der Waals surface area contributed by atoms with Crippen molar-refractivity contribution in [2.75, 3.05) is 38.0 Å². The van der Waals surface area contributed by atoms with Crippen molar-refractivity contribution in [1.29, 1.82) is 0 Å². The number of carbonyl (C=O) groups excluding carboxylic acids is 2. The van der Waals surface area contributed by atoms with E-state index < -0.39 is 5.60 Å². The summed E-state index contributed by atoms with van der Waals surface area (Å²) in [6.07, 6.45) is 3.57. The molecular weight excluding hydrogens is 437 g/mol. The number of nitrogens with zero attached hydrogens (tertiary/aromatic N) is 2. The lowest BCUT2D eigenvalue weighted by Crippen LogP contribution is -2.47. The van der Waals surface area contributed by atoms with Crippen molar-refractivity contribution in [2.45, 2.75) is 52.1 Å². The van der Waals surface area contributed by atoms with E-state index in [1.807, 2.05) is 25.7 Å². The number of carbonyl (C=O) groups is 2. The Morgan fingerprint density at radius 2 is 1.81 bits per heavy atom. The minimum absolute atomic E-state index is 0.00433. The van der Waals surface area contributed by atoms with E-state index in [2.05, 4.69) is 10.2 Å². The van der Waals surface area contributed by atoms with Crippen molar-refractivity contribution in [2.24, 2.45) is 11.8 Å². The highest BCUT2D eigenvalue weighted by Gasteiger charge is 2.30. The standard InChI is InChI=1S/C23H33Cl2N3O3/c1-23(2,3)31-22(30)28-10-4-5-16(15-28)14-27-11-8-17(9-12-27)21(29)26-18-6-7-19(24)20(25)13-18/h6-7,13,16-17H,4-5,8-12,14-15H2,1-3H3,(H,26,29)/t16-/m0/s1. The minimum atomic E-state index is -0.468. The van der Waals surface area contributed by atoms with Crippen molar-refractivity contribution < 1.29 is 14.3 Å². The van der Waals surface area contributed by atoms with Crippen molar-refractivity contribution in [3.8, 4) is 0 Å². The number of nitrogens with one attached hydrogen (secondary N) is 1. The second kappa shape index (κ2) is 10.4. The van der Waals surface area contributed by atoms with Crippen LogP contribution in [-0.4, -0.2) is 60.1 Å². The number of amides is 2. The number of rotatable bonds is 4. The van der Waals surface area contributed by atoms with Crippen molar-refractivity contribution >= 4 is 40.9 Å². The van der Waals surface area contributed by atoms with Crippen LogP contribution in [0.3, 0.4) is 0 Å². The predicted octanol–water partition coefficient (Wildman–Crippen LogP) is 5.29. The number of anilines is 1. The molecule has 2 fully saturated rings. The third-order valence-electron chi connectivity index (χ3n) is 5.83. The number of hydrogen-bond donors (Lipinski definition) is 1. The molecule has 0 radical (unpaired) electrons. The normalized spacial score (nSPS) is 21.1. The summed E-state index contributed by atoms with van der Waals surface area (Å²) in [7, 11) is 0. The fraction of sp³-hybridized carbons (Fsp3) is 0.652. The third kappa shape index (κ3) is 7.26. The average molecular weight is 470 g/mol. The number of halogens is 2. The maximum Gasteiger partial charge on any atom is 0.410 e. The summed E-state index contributed by atoms with van der Waals surface area (Å²) < 4.78 is 5.53. The van der Waals surface area contributed by atoms with E-state index in [1.165, 1.54) is 0 Å². The molecule has 3 rings (SSSR count). The fourth-order valence-corrected chi connectivity index (χ4v) is 4.57. The Labute approximate surface area is 195 Å². The molecule has 1 atom stereocenters. The van der Waals surface area contributed by atoms with Gasteiger partial charge in [-0.3, -0.25) is 4.79 Å². The Bertz CT molecular complexity index is 789. The van der Waals surface area contributed by atoms with Crippen LogP contribution in [0.1, 0.15) is 46.5 Å². The zero-order valence-corrected chi connectivity index (χ0v) is 20.1. The van der Waals surface area contributed by atoms with Crippen molar-refractivity contribution in [3.63, 3.8) is 0 Å². The van der Waals surface area contributed by atoms with Gasteiger partial charge in [-0.05, 0) is 83.7 Å². The molecule has 2 saturated heterocycles. The summed E-state index contributed by atoms with van der Waals surface area (Å²) in [4.78, 5) is 29.3. The van der Waals surface area contributed by atoms with Gasteiger partial charge in [0.1, 0.15) is 5.60 Å². The van der Waals surface area contributed by atoms with E-state index in [-0.39, 0.29) is 17.9 Å². The summed E-state index contributed by atoms with van der Waals surface area (Å²) in [6, 6.07) is 5.13. The molecule has 0 spiro atoms. The van der Waals surface area contributed by atoms with Crippen LogP contribution in [0.5, 0.6) is 0 Å². The summed E-state index contributed by atoms with van der Waals surface area (Å²) >= 11 is 12.0. The third-order valence-corrected chi connectivity index (χ3v) is 6.57. The Balaban J connectivity index is 1.43. The predicted molar refractivity (Wildman–Crippen MR) is 125 cm³/mol. The van der Waals surface area contributed by atoms with E-state index in [9.17, 15) is 9.59 Å². The SMILES string of the molecule is CC(C)(C)OC(=O)N1CCC[C@@H](CN2CCC(C(=O)Nc3ccc(Cl)c(Cl)c3)CC2)C1. The first-order valence-corrected chi connectivity index (χ1v) is 11.8. The highest BCUT2D eigenvalue weighted by Crippen LogP contribution is 2.27. The molecule has 172 valence electrons. The van der Waals surface area contributed by atoms with Crippen LogP contribution < -0.4 is 5.32 Å². The molecule has 2 heterocycles. The Hall–Kier alpha value is -1.50. The number of likely N-dealkylation sites (tertiary alicyclic amines) is 2. The molecule has 0 bridgehead atoms. The molecule has 2 aliphatic heterocycles. The number of piperidine rings is 2. The lowest BCUT2D eigenvalue weighted by Gasteiger charge is -2.38. The molecule has 2 amide bonds. The van der Waals surface area contributed by atoms with Gasteiger partial charge >= 0.3 is 6.09 Å². The first-order valence-electron chi connectivity index (χ1n) is 11.1. The number of benzene rings is 1. The van der Waals surface area contributed by atoms with E-state index in [1.54, 1.807) is 18.2 Å². The Morgan fingerprint density at radius 1 is 1.10 bits per heavy atom. The van der Waals surface area contributed by atoms with Crippen LogP contribution in [0.2, 0.25) is 10.0 Å². The van der Waals surface area contributed by atoms with Gasteiger partial charge in [-0.15, -0.1) is 0 Å². The van der Waals surface area contributed by atoms with Crippen LogP contribution in [0.15, 0.2) is 18.2 Å². The van der Waals surface area contributed by atoms with Gasteiger partial charge in [0, 0.05) is 31.2 Å². The summed E-state index contributed by atoms with van der Waals surface area (Å²) in [5.41, 5.74) is 0.204. The average Bonchev–Trinajstić information content (AvgIpc) is 2.70. The zero-order valence-electron chi connectivity index (χ0n) is 18.6. The molecule has 2 aliphatic rings.